The van der Waals surface area contributed by atoms with E-state index in [0.717, 1.165) is 0 Å². The minimum Gasteiger partial charge on any atom is -0.386 e. The predicted molar refractivity (Wildman–Crippen MR) is 33.7 cm³/mol. The largest absolute Gasteiger partial charge is 0.386 e. The van der Waals surface area contributed by atoms with Crippen LogP contribution in [-0.4, -0.2) is 30.1 Å². The molecule has 1 unspecified atom stereocenters. The first-order valence-corrected chi connectivity index (χ1v) is 2.79. The number of aliphatic hydroxyl groups is 1. The van der Waals surface area contributed by atoms with E-state index in [4.69, 9.17) is 16.6 Å². The summed E-state index contributed by atoms with van der Waals surface area (Å²) in [7, 11) is 0. The van der Waals surface area contributed by atoms with Crippen LogP contribution >= 0.6 is 0 Å². The fraction of sp³-hybridized carbons (Fsp3) is 0.800. The number of aliphatic hydroxyl groups excluding tert-OH is 1. The average molecular weight is 132 g/mol. The normalized spacial score (nSPS) is 16.8. The van der Waals surface area contributed by atoms with Crippen LogP contribution in [0.15, 0.2) is 0 Å². The van der Waals surface area contributed by atoms with E-state index in [1.807, 2.05) is 0 Å². The second kappa shape index (κ2) is 4.43. The molecular weight excluding hydrogens is 120 g/mol. The highest BCUT2D eigenvalue weighted by atomic mass is 16.3. The summed E-state index contributed by atoms with van der Waals surface area (Å²) in [5.74, 6) is 0. The zero-order chi connectivity index (χ0) is 7.28. The third-order valence-electron chi connectivity index (χ3n) is 1.00. The van der Waals surface area contributed by atoms with Gasteiger partial charge in [-0.05, 0) is 6.42 Å². The Morgan fingerprint density at radius 3 is 2.56 bits per heavy atom. The number of hydrogen-bond donors (Lipinski definition) is 3. The Morgan fingerprint density at radius 1 is 1.67 bits per heavy atom. The number of aldehydes is 1. The number of hydrogen-bond acceptors (Lipinski definition) is 4. The summed E-state index contributed by atoms with van der Waals surface area (Å²) in [4.78, 5) is 9.81. The van der Waals surface area contributed by atoms with Gasteiger partial charge in [0.2, 0.25) is 0 Å². The summed E-state index contributed by atoms with van der Waals surface area (Å²) >= 11 is 0. The Labute approximate surface area is 53.8 Å². The van der Waals surface area contributed by atoms with E-state index in [9.17, 15) is 4.79 Å². The maximum Gasteiger partial charge on any atom is 0.148 e. The molecule has 0 heterocycles. The molecule has 2 atom stereocenters. The van der Waals surface area contributed by atoms with Crippen molar-refractivity contribution in [2.75, 3.05) is 6.54 Å². The van der Waals surface area contributed by atoms with Gasteiger partial charge in [0.1, 0.15) is 12.4 Å². The molecule has 4 heteroatoms. The monoisotopic (exact) mass is 132 g/mol. The number of rotatable bonds is 4. The van der Waals surface area contributed by atoms with Gasteiger partial charge >= 0.3 is 0 Å². The van der Waals surface area contributed by atoms with Crippen molar-refractivity contribution in [2.24, 2.45) is 11.5 Å². The molecule has 54 valence electrons. The van der Waals surface area contributed by atoms with E-state index in [1.54, 1.807) is 0 Å². The fourth-order valence-electron chi connectivity index (χ4n) is 0.462. The van der Waals surface area contributed by atoms with E-state index in [-0.39, 0.29) is 12.5 Å². The molecule has 5 N–H and O–H groups in total. The zero-order valence-electron chi connectivity index (χ0n) is 5.16. The highest BCUT2D eigenvalue weighted by molar-refractivity contribution is 5.55. The number of carbonyl (C=O) groups excluding carboxylic acids is 1. The molecule has 0 fully saturated rings. The third kappa shape index (κ3) is 4.08. The summed E-state index contributed by atoms with van der Waals surface area (Å²) < 4.78 is 0. The molecule has 0 radical (unpaired) electrons. The predicted octanol–water partition coefficient (Wildman–Crippen LogP) is -1.78. The highest BCUT2D eigenvalue weighted by Crippen LogP contribution is 1.89. The Hall–Kier alpha value is -0.450. The molecule has 0 spiro atoms. The molecule has 9 heavy (non-hydrogen) atoms. The van der Waals surface area contributed by atoms with E-state index in [0.29, 0.717) is 12.8 Å². The molecule has 0 aromatic rings. The van der Waals surface area contributed by atoms with Gasteiger partial charge in [-0.2, -0.15) is 0 Å². The lowest BCUT2D eigenvalue weighted by molar-refractivity contribution is -0.115. The molecule has 0 aromatic heterocycles. The van der Waals surface area contributed by atoms with Crippen LogP contribution in [-0.2, 0) is 4.79 Å². The van der Waals surface area contributed by atoms with Gasteiger partial charge in [0, 0.05) is 12.6 Å². The molecule has 0 saturated carbocycles. The summed E-state index contributed by atoms with van der Waals surface area (Å²) in [5, 5.41) is 8.66. The first kappa shape index (κ1) is 8.55. The van der Waals surface area contributed by atoms with Crippen molar-refractivity contribution in [3.63, 3.8) is 0 Å². The minimum absolute atomic E-state index is 0.250. The van der Waals surface area contributed by atoms with Crippen LogP contribution < -0.4 is 11.5 Å². The molecule has 0 aromatic carbocycles. The van der Waals surface area contributed by atoms with Crippen molar-refractivity contribution >= 4 is 6.29 Å². The van der Waals surface area contributed by atoms with Gasteiger partial charge < -0.3 is 21.4 Å². The van der Waals surface area contributed by atoms with E-state index in [1.165, 1.54) is 0 Å². The molecule has 0 aliphatic carbocycles. The third-order valence-corrected chi connectivity index (χ3v) is 1.00. The van der Waals surface area contributed by atoms with Crippen molar-refractivity contribution in [3.05, 3.63) is 0 Å². The second-order valence-corrected chi connectivity index (χ2v) is 1.93. The minimum atomic E-state index is -0.955. The van der Waals surface area contributed by atoms with Crippen molar-refractivity contribution in [2.45, 2.75) is 18.6 Å². The summed E-state index contributed by atoms with van der Waals surface area (Å²) in [6, 6.07) is -0.273. The van der Waals surface area contributed by atoms with Crippen LogP contribution in [0.5, 0.6) is 0 Å². The number of nitrogens with two attached hydrogens (primary N) is 2. The van der Waals surface area contributed by atoms with Crippen LogP contribution in [0.3, 0.4) is 0 Å². The smallest absolute Gasteiger partial charge is 0.148 e. The van der Waals surface area contributed by atoms with Crippen molar-refractivity contribution < 1.29 is 9.90 Å². The average Bonchev–Trinajstić information content (AvgIpc) is 1.87. The first-order valence-electron chi connectivity index (χ1n) is 2.79. The highest BCUT2D eigenvalue weighted by Gasteiger charge is 2.06. The lowest BCUT2D eigenvalue weighted by Gasteiger charge is -2.08. The van der Waals surface area contributed by atoms with Crippen LogP contribution in [0.4, 0.5) is 0 Å². The standard InChI is InChI=1S/C5H12N2O2/c6-2-4(7)1-5(9)3-8/h3-5,9H,1-2,6-7H2/t4?,5-/m1/s1. The van der Waals surface area contributed by atoms with Gasteiger partial charge in [-0.3, -0.25) is 0 Å². The van der Waals surface area contributed by atoms with E-state index in [2.05, 4.69) is 0 Å². The SMILES string of the molecule is NCC(N)C[C@@H](O)C=O. The van der Waals surface area contributed by atoms with Gasteiger partial charge in [-0.1, -0.05) is 0 Å². The molecule has 0 saturated heterocycles. The molecular formula is C5H12N2O2. The molecule has 0 amide bonds. The Morgan fingerprint density at radius 2 is 2.22 bits per heavy atom. The van der Waals surface area contributed by atoms with Crippen LogP contribution in [0.1, 0.15) is 6.42 Å². The lowest BCUT2D eigenvalue weighted by Crippen LogP contribution is -2.33. The zero-order valence-corrected chi connectivity index (χ0v) is 5.16. The molecule has 0 bridgehead atoms. The summed E-state index contributed by atoms with van der Waals surface area (Å²) in [6.45, 7) is 0.297. The van der Waals surface area contributed by atoms with Gasteiger partial charge in [0.05, 0.1) is 0 Å². The summed E-state index contributed by atoms with van der Waals surface area (Å²) in [6.07, 6.45) is -0.251. The topological polar surface area (TPSA) is 89.3 Å². The van der Waals surface area contributed by atoms with E-state index >= 15 is 0 Å². The van der Waals surface area contributed by atoms with Gasteiger partial charge in [-0.25, -0.2) is 0 Å². The van der Waals surface area contributed by atoms with Crippen LogP contribution in [0, 0.1) is 0 Å². The fourth-order valence-corrected chi connectivity index (χ4v) is 0.462. The molecule has 0 aliphatic heterocycles. The summed E-state index contributed by atoms with van der Waals surface area (Å²) in [5.41, 5.74) is 10.4. The maximum absolute atomic E-state index is 9.81. The first-order chi connectivity index (χ1) is 4.20. The Kier molecular flexibility index (Phi) is 4.21. The van der Waals surface area contributed by atoms with Crippen LogP contribution in [0.25, 0.3) is 0 Å². The molecule has 0 rings (SSSR count). The van der Waals surface area contributed by atoms with Crippen molar-refractivity contribution in [1.29, 1.82) is 0 Å². The molecule has 0 aliphatic rings. The molecule has 4 nitrogen and oxygen atoms in total. The maximum atomic E-state index is 9.81. The Bertz CT molecular complexity index is 87.0. The van der Waals surface area contributed by atoms with Crippen LogP contribution in [0.2, 0.25) is 0 Å². The second-order valence-electron chi connectivity index (χ2n) is 1.93. The van der Waals surface area contributed by atoms with Crippen molar-refractivity contribution in [3.8, 4) is 0 Å². The van der Waals surface area contributed by atoms with Crippen molar-refractivity contribution in [1.82, 2.24) is 0 Å². The van der Waals surface area contributed by atoms with Gasteiger partial charge in [0.15, 0.2) is 0 Å². The number of carbonyl (C=O) groups is 1. The van der Waals surface area contributed by atoms with Gasteiger partial charge in [0.25, 0.3) is 0 Å². The Balaban J connectivity index is 3.33. The van der Waals surface area contributed by atoms with Gasteiger partial charge in [-0.15, -0.1) is 0 Å². The van der Waals surface area contributed by atoms with E-state index < -0.39 is 6.10 Å². The lowest BCUT2D eigenvalue weighted by atomic mass is 10.1. The quantitative estimate of drug-likeness (QED) is 0.394.